The smallest absolute Gasteiger partial charge is 0.316 e. The fraction of sp³-hybridized carbons (Fsp3) is 0.286. The number of nitro groups is 1. The van der Waals surface area contributed by atoms with Crippen molar-refractivity contribution >= 4 is 22.9 Å². The molecule has 0 bridgehead atoms. The molecule has 3 aromatic rings. The molecule has 25 heavy (non-hydrogen) atoms. The highest BCUT2D eigenvalue weighted by molar-refractivity contribution is 7.09. The van der Waals surface area contributed by atoms with E-state index in [0.29, 0.717) is 17.9 Å². The summed E-state index contributed by atoms with van der Waals surface area (Å²) >= 11 is 1.53. The quantitative estimate of drug-likeness (QED) is 0.523. The summed E-state index contributed by atoms with van der Waals surface area (Å²) in [6.45, 7) is 3.59. The van der Waals surface area contributed by atoms with Crippen LogP contribution in [0.4, 0.5) is 5.69 Å². The molecular weight excluding hydrogens is 348 g/mol. The van der Waals surface area contributed by atoms with Crippen LogP contribution in [0.15, 0.2) is 22.0 Å². The number of aryl methyl sites for hydroxylation is 1. The third-order valence-electron chi connectivity index (χ3n) is 3.48. The lowest BCUT2D eigenvalue weighted by atomic mass is 10.3. The topological polar surface area (TPSA) is 129 Å². The van der Waals surface area contributed by atoms with Crippen molar-refractivity contribution in [2.75, 3.05) is 0 Å². The molecule has 0 aromatic carbocycles. The summed E-state index contributed by atoms with van der Waals surface area (Å²) < 4.78 is 6.36. The summed E-state index contributed by atoms with van der Waals surface area (Å²) in [5, 5.41) is 23.5. The molecular formula is C14H14N6O4S. The SMILES string of the molecule is Cc1nn(Cc2noc(C(=O)NCc3cccs3)n2)c(C)c1[N+](=O)[O-]. The Kier molecular flexibility index (Phi) is 4.57. The van der Waals surface area contributed by atoms with E-state index in [-0.39, 0.29) is 23.9 Å². The number of nitrogens with one attached hydrogen (secondary N) is 1. The standard InChI is InChI=1S/C14H14N6O4S/c1-8-12(20(22)23)9(2)19(17-8)7-11-16-14(24-18-11)13(21)15-6-10-4-3-5-25-10/h3-5H,6-7H2,1-2H3,(H,15,21). The molecule has 11 heteroatoms. The second kappa shape index (κ2) is 6.81. The van der Waals surface area contributed by atoms with Gasteiger partial charge in [-0.05, 0) is 25.3 Å². The minimum Gasteiger partial charge on any atom is -0.343 e. The summed E-state index contributed by atoms with van der Waals surface area (Å²) in [4.78, 5) is 27.6. The van der Waals surface area contributed by atoms with Crippen molar-refractivity contribution in [2.24, 2.45) is 0 Å². The van der Waals surface area contributed by atoms with Gasteiger partial charge in [0.25, 0.3) is 0 Å². The first kappa shape index (κ1) is 16.8. The monoisotopic (exact) mass is 362 g/mol. The number of amides is 1. The first-order chi connectivity index (χ1) is 12.0. The van der Waals surface area contributed by atoms with E-state index in [2.05, 4.69) is 20.6 Å². The average molecular weight is 362 g/mol. The fourth-order valence-electron chi connectivity index (χ4n) is 2.31. The molecule has 0 aliphatic rings. The predicted molar refractivity (Wildman–Crippen MR) is 87.2 cm³/mol. The van der Waals surface area contributed by atoms with E-state index in [4.69, 9.17) is 4.52 Å². The van der Waals surface area contributed by atoms with Gasteiger partial charge in [-0.3, -0.25) is 19.6 Å². The molecule has 0 aliphatic heterocycles. The van der Waals surface area contributed by atoms with Gasteiger partial charge in [-0.2, -0.15) is 10.1 Å². The van der Waals surface area contributed by atoms with Crippen LogP contribution in [0.25, 0.3) is 0 Å². The van der Waals surface area contributed by atoms with Crippen molar-refractivity contribution in [3.8, 4) is 0 Å². The van der Waals surface area contributed by atoms with E-state index in [0.717, 1.165) is 4.88 Å². The minimum absolute atomic E-state index is 0.0441. The van der Waals surface area contributed by atoms with Crippen LogP contribution in [0.2, 0.25) is 0 Å². The maximum absolute atomic E-state index is 12.0. The summed E-state index contributed by atoms with van der Waals surface area (Å²) in [7, 11) is 0. The highest BCUT2D eigenvalue weighted by Crippen LogP contribution is 2.22. The molecule has 10 nitrogen and oxygen atoms in total. The number of aromatic nitrogens is 4. The number of carbonyl (C=O) groups excluding carboxylic acids is 1. The molecule has 0 radical (unpaired) electrons. The van der Waals surface area contributed by atoms with E-state index in [9.17, 15) is 14.9 Å². The van der Waals surface area contributed by atoms with Crippen molar-refractivity contribution in [1.82, 2.24) is 25.2 Å². The summed E-state index contributed by atoms with van der Waals surface area (Å²) in [6.07, 6.45) is 0. The van der Waals surface area contributed by atoms with Crippen LogP contribution in [0.3, 0.4) is 0 Å². The lowest BCUT2D eigenvalue weighted by Gasteiger charge is -1.99. The highest BCUT2D eigenvalue weighted by atomic mass is 32.1. The summed E-state index contributed by atoms with van der Waals surface area (Å²) in [5.74, 6) is -0.434. The van der Waals surface area contributed by atoms with E-state index >= 15 is 0 Å². The Morgan fingerprint density at radius 1 is 1.48 bits per heavy atom. The number of hydrogen-bond acceptors (Lipinski definition) is 8. The maximum Gasteiger partial charge on any atom is 0.316 e. The molecule has 0 saturated carbocycles. The Morgan fingerprint density at radius 3 is 2.92 bits per heavy atom. The summed E-state index contributed by atoms with van der Waals surface area (Å²) in [5.41, 5.74) is 0.647. The number of hydrogen-bond donors (Lipinski definition) is 1. The van der Waals surface area contributed by atoms with Crippen LogP contribution < -0.4 is 5.32 Å². The van der Waals surface area contributed by atoms with Gasteiger partial charge in [-0.25, -0.2) is 0 Å². The first-order valence-corrected chi connectivity index (χ1v) is 8.15. The van der Waals surface area contributed by atoms with Gasteiger partial charge >= 0.3 is 17.5 Å². The molecule has 0 saturated heterocycles. The van der Waals surface area contributed by atoms with Crippen LogP contribution in [0, 0.1) is 24.0 Å². The second-order valence-electron chi connectivity index (χ2n) is 5.21. The molecule has 0 aliphatic carbocycles. The molecule has 3 aromatic heterocycles. The van der Waals surface area contributed by atoms with Crippen LogP contribution in [-0.4, -0.2) is 30.8 Å². The third-order valence-corrected chi connectivity index (χ3v) is 4.36. The van der Waals surface area contributed by atoms with Crippen LogP contribution in [0.1, 0.15) is 32.8 Å². The van der Waals surface area contributed by atoms with Gasteiger partial charge in [-0.15, -0.1) is 11.3 Å². The van der Waals surface area contributed by atoms with E-state index in [1.54, 1.807) is 13.8 Å². The number of thiophene rings is 1. The zero-order chi connectivity index (χ0) is 18.0. The van der Waals surface area contributed by atoms with Gasteiger partial charge in [0.05, 0.1) is 11.5 Å². The van der Waals surface area contributed by atoms with Crippen molar-refractivity contribution in [3.05, 3.63) is 55.6 Å². The molecule has 3 rings (SSSR count). The normalized spacial score (nSPS) is 10.8. The molecule has 1 N–H and O–H groups in total. The van der Waals surface area contributed by atoms with E-state index < -0.39 is 10.8 Å². The zero-order valence-electron chi connectivity index (χ0n) is 13.4. The van der Waals surface area contributed by atoms with Crippen molar-refractivity contribution in [3.63, 3.8) is 0 Å². The maximum atomic E-state index is 12.0. The molecule has 1 amide bonds. The zero-order valence-corrected chi connectivity index (χ0v) is 14.2. The minimum atomic E-state index is -0.480. The largest absolute Gasteiger partial charge is 0.343 e. The number of nitrogens with zero attached hydrogens (tertiary/aromatic N) is 5. The molecule has 3 heterocycles. The Morgan fingerprint density at radius 2 is 2.28 bits per heavy atom. The fourth-order valence-corrected chi connectivity index (χ4v) is 2.95. The van der Waals surface area contributed by atoms with Gasteiger partial charge in [0.15, 0.2) is 5.82 Å². The Balaban J connectivity index is 1.68. The van der Waals surface area contributed by atoms with Gasteiger partial charge < -0.3 is 9.84 Å². The van der Waals surface area contributed by atoms with Gasteiger partial charge in [0.2, 0.25) is 0 Å². The molecule has 0 fully saturated rings. The van der Waals surface area contributed by atoms with Gasteiger partial charge in [0.1, 0.15) is 17.9 Å². The molecule has 0 unspecified atom stereocenters. The lowest BCUT2D eigenvalue weighted by molar-refractivity contribution is -0.386. The van der Waals surface area contributed by atoms with Crippen molar-refractivity contribution in [2.45, 2.75) is 26.9 Å². The number of carbonyl (C=O) groups is 1. The molecule has 0 spiro atoms. The van der Waals surface area contributed by atoms with Crippen molar-refractivity contribution in [1.29, 1.82) is 0 Å². The first-order valence-electron chi connectivity index (χ1n) is 7.27. The van der Waals surface area contributed by atoms with E-state index in [1.807, 2.05) is 17.5 Å². The molecule has 0 atom stereocenters. The Hall–Kier alpha value is -3.08. The third kappa shape index (κ3) is 3.55. The summed E-state index contributed by atoms with van der Waals surface area (Å²) in [6, 6.07) is 3.80. The number of rotatable bonds is 6. The van der Waals surface area contributed by atoms with Gasteiger partial charge in [-0.1, -0.05) is 11.2 Å². The van der Waals surface area contributed by atoms with E-state index in [1.165, 1.54) is 16.0 Å². The lowest BCUT2D eigenvalue weighted by Crippen LogP contribution is -2.22. The Labute approximate surface area is 145 Å². The Bertz CT molecular complexity index is 914. The second-order valence-corrected chi connectivity index (χ2v) is 6.24. The average Bonchev–Trinajstić information content (AvgIpc) is 3.27. The van der Waals surface area contributed by atoms with Crippen LogP contribution in [-0.2, 0) is 13.1 Å². The van der Waals surface area contributed by atoms with Crippen molar-refractivity contribution < 1.29 is 14.2 Å². The highest BCUT2D eigenvalue weighted by Gasteiger charge is 2.23. The van der Waals surface area contributed by atoms with Gasteiger partial charge in [0, 0.05) is 4.88 Å². The van der Waals surface area contributed by atoms with Crippen LogP contribution in [0.5, 0.6) is 0 Å². The molecule has 130 valence electrons. The predicted octanol–water partition coefficient (Wildman–Crippen LogP) is 1.83. The van der Waals surface area contributed by atoms with Crippen LogP contribution >= 0.6 is 11.3 Å².